The van der Waals surface area contributed by atoms with E-state index in [1.54, 1.807) is 0 Å². The van der Waals surface area contributed by atoms with Crippen molar-refractivity contribution in [3.05, 3.63) is 70.5 Å². The lowest BCUT2D eigenvalue weighted by atomic mass is 9.96. The molecule has 5 heteroatoms. The maximum absolute atomic E-state index is 12.4. The molecule has 3 aliphatic rings. The Kier molecular flexibility index (Phi) is 4.47. The number of benzene rings is 1. The predicted octanol–water partition coefficient (Wildman–Crippen LogP) is 1.29. The molecule has 5 rings (SSSR count). The molecule has 1 amide bonds. The first-order valence-electron chi connectivity index (χ1n) is 9.78. The second-order valence-electron chi connectivity index (χ2n) is 7.38. The first-order valence-corrected chi connectivity index (χ1v) is 9.78. The van der Waals surface area contributed by atoms with Crippen molar-refractivity contribution in [2.75, 3.05) is 32.8 Å². The highest BCUT2D eigenvalue weighted by molar-refractivity contribution is 5.89. The van der Waals surface area contributed by atoms with Gasteiger partial charge in [0.15, 0.2) is 0 Å². The van der Waals surface area contributed by atoms with Gasteiger partial charge in [0.2, 0.25) is 5.91 Å². The fourth-order valence-electron chi connectivity index (χ4n) is 4.15. The van der Waals surface area contributed by atoms with Crippen molar-refractivity contribution in [3.8, 4) is 11.1 Å². The molecule has 0 spiro atoms. The van der Waals surface area contributed by atoms with Crippen molar-refractivity contribution in [3.63, 3.8) is 0 Å². The largest absolute Gasteiger partial charge is 0.379 e. The van der Waals surface area contributed by atoms with Crippen LogP contribution in [0.1, 0.15) is 6.42 Å². The number of hydrogen-bond donors (Lipinski definition) is 2. The zero-order chi connectivity index (χ0) is 18.9. The molecule has 0 atom stereocenters. The Morgan fingerprint density at radius 3 is 2.79 bits per heavy atom. The van der Waals surface area contributed by atoms with Gasteiger partial charge in [0, 0.05) is 41.1 Å². The third-order valence-corrected chi connectivity index (χ3v) is 5.54. The van der Waals surface area contributed by atoms with E-state index < -0.39 is 0 Å². The van der Waals surface area contributed by atoms with Crippen molar-refractivity contribution in [1.29, 1.82) is 0 Å². The fraction of sp³-hybridized carbons (Fsp3) is 0.261. The van der Waals surface area contributed by atoms with E-state index in [1.807, 2.05) is 6.07 Å². The smallest absolute Gasteiger partial charge is 0.238 e. The van der Waals surface area contributed by atoms with E-state index >= 15 is 0 Å². The lowest BCUT2D eigenvalue weighted by Crippen LogP contribution is -2.42. The number of aromatic nitrogens is 1. The van der Waals surface area contributed by atoms with Crippen molar-refractivity contribution >= 4 is 17.6 Å². The Bertz CT molecular complexity index is 1090. The number of nitrogens with one attached hydrogen (secondary N) is 2. The van der Waals surface area contributed by atoms with Crippen molar-refractivity contribution in [2.24, 2.45) is 0 Å². The number of allylic oxidation sites excluding steroid dienone is 3. The van der Waals surface area contributed by atoms with E-state index in [0.717, 1.165) is 30.6 Å². The number of rotatable bonds is 4. The molecular formula is C23H23N3O2. The maximum atomic E-state index is 12.4. The van der Waals surface area contributed by atoms with Gasteiger partial charge in [-0.05, 0) is 35.3 Å². The summed E-state index contributed by atoms with van der Waals surface area (Å²) in [5.74, 6) is 0.0370. The minimum Gasteiger partial charge on any atom is -0.379 e. The Hall–Kier alpha value is -2.89. The average Bonchev–Trinajstić information content (AvgIpc) is 3.28. The van der Waals surface area contributed by atoms with E-state index in [-0.39, 0.29) is 5.91 Å². The predicted molar refractivity (Wildman–Crippen MR) is 110 cm³/mol. The Morgan fingerprint density at radius 1 is 1.14 bits per heavy atom. The van der Waals surface area contributed by atoms with Crippen LogP contribution in [0.4, 0.5) is 0 Å². The van der Waals surface area contributed by atoms with Gasteiger partial charge in [0.25, 0.3) is 0 Å². The van der Waals surface area contributed by atoms with E-state index in [2.05, 4.69) is 63.9 Å². The number of carbonyl (C=O) groups excluding carboxylic acids is 1. The van der Waals surface area contributed by atoms with Crippen LogP contribution < -0.4 is 15.9 Å². The number of amides is 1. The minimum absolute atomic E-state index is 0.0370. The molecule has 2 aliphatic carbocycles. The zero-order valence-corrected chi connectivity index (χ0v) is 15.7. The third-order valence-electron chi connectivity index (χ3n) is 5.54. The molecule has 0 unspecified atom stereocenters. The number of morpholine rings is 1. The van der Waals surface area contributed by atoms with Crippen molar-refractivity contribution in [1.82, 2.24) is 15.2 Å². The van der Waals surface area contributed by atoms with Crippen LogP contribution in [0, 0.1) is 0 Å². The maximum Gasteiger partial charge on any atom is 0.238 e. The molecule has 1 fully saturated rings. The second-order valence-corrected chi connectivity index (χ2v) is 7.38. The number of nitrogens with zero attached hydrogens (tertiary/aromatic N) is 1. The number of hydrogen-bond acceptors (Lipinski definition) is 3. The van der Waals surface area contributed by atoms with Gasteiger partial charge in [0.1, 0.15) is 0 Å². The highest BCUT2D eigenvalue weighted by Gasteiger charge is 2.20. The lowest BCUT2D eigenvalue weighted by Gasteiger charge is -2.26. The molecule has 2 aromatic rings. The summed E-state index contributed by atoms with van der Waals surface area (Å²) >= 11 is 0. The molecular weight excluding hydrogens is 350 g/mol. The van der Waals surface area contributed by atoms with Crippen LogP contribution in [0.25, 0.3) is 22.8 Å². The highest BCUT2D eigenvalue weighted by atomic mass is 16.5. The van der Waals surface area contributed by atoms with Gasteiger partial charge in [0.05, 0.1) is 19.8 Å². The van der Waals surface area contributed by atoms with Gasteiger partial charge in [-0.25, -0.2) is 0 Å². The molecule has 0 saturated carbocycles. The SMILES string of the molecule is O=C(CN1CCOCC1)NC1=CCC2=c3c(-c4ccccc4)c[nH]c3=CC2=C1. The second kappa shape index (κ2) is 7.26. The molecule has 5 nitrogen and oxygen atoms in total. The molecule has 1 aromatic carbocycles. The molecule has 1 saturated heterocycles. The summed E-state index contributed by atoms with van der Waals surface area (Å²) < 4.78 is 5.34. The van der Waals surface area contributed by atoms with Gasteiger partial charge in [-0.2, -0.15) is 0 Å². The van der Waals surface area contributed by atoms with Gasteiger partial charge in [-0.1, -0.05) is 36.4 Å². The molecule has 2 N–H and O–H groups in total. The van der Waals surface area contributed by atoms with Crippen LogP contribution in [0.5, 0.6) is 0 Å². The van der Waals surface area contributed by atoms with Crippen LogP contribution >= 0.6 is 0 Å². The van der Waals surface area contributed by atoms with Crippen LogP contribution in [-0.4, -0.2) is 48.6 Å². The minimum atomic E-state index is 0.0370. The Balaban J connectivity index is 1.36. The highest BCUT2D eigenvalue weighted by Crippen LogP contribution is 2.27. The summed E-state index contributed by atoms with van der Waals surface area (Å²) in [5.41, 5.74) is 5.85. The monoisotopic (exact) mass is 373 g/mol. The van der Waals surface area contributed by atoms with Crippen molar-refractivity contribution < 1.29 is 9.53 Å². The fourth-order valence-corrected chi connectivity index (χ4v) is 4.15. The van der Waals surface area contributed by atoms with Crippen LogP contribution in [-0.2, 0) is 9.53 Å². The quantitative estimate of drug-likeness (QED) is 0.849. The molecule has 1 aromatic heterocycles. The summed E-state index contributed by atoms with van der Waals surface area (Å²) in [6.07, 6.45) is 9.28. The molecule has 0 bridgehead atoms. The molecule has 2 heterocycles. The van der Waals surface area contributed by atoms with Crippen LogP contribution in [0.3, 0.4) is 0 Å². The van der Waals surface area contributed by atoms with Crippen molar-refractivity contribution in [2.45, 2.75) is 6.42 Å². The van der Waals surface area contributed by atoms with Crippen LogP contribution in [0.2, 0.25) is 0 Å². The zero-order valence-electron chi connectivity index (χ0n) is 15.7. The molecule has 28 heavy (non-hydrogen) atoms. The molecule has 142 valence electrons. The Morgan fingerprint density at radius 2 is 1.96 bits per heavy atom. The van der Waals surface area contributed by atoms with Gasteiger partial charge in [-0.3, -0.25) is 9.69 Å². The topological polar surface area (TPSA) is 57.4 Å². The third kappa shape index (κ3) is 3.23. The van der Waals surface area contributed by atoms with Gasteiger partial charge in [-0.15, -0.1) is 0 Å². The summed E-state index contributed by atoms with van der Waals surface area (Å²) in [7, 11) is 0. The van der Waals surface area contributed by atoms with Crippen LogP contribution in [0.15, 0.2) is 60.0 Å². The van der Waals surface area contributed by atoms with Gasteiger partial charge < -0.3 is 15.0 Å². The van der Waals surface area contributed by atoms with Gasteiger partial charge >= 0.3 is 0 Å². The number of fused-ring (bicyclic) bond motifs is 2. The molecule has 0 radical (unpaired) electrons. The summed E-state index contributed by atoms with van der Waals surface area (Å²) in [4.78, 5) is 17.9. The number of aromatic amines is 1. The number of ether oxygens (including phenoxy) is 1. The standard InChI is InChI=1S/C23H23N3O2/c27-22(15-26-8-10-28-11-9-26)25-18-6-7-19-17(12-18)13-21-23(19)20(14-24-21)16-4-2-1-3-5-16/h1-6,12-14,24H,7-11,15H2,(H,25,27). The summed E-state index contributed by atoms with van der Waals surface area (Å²) in [6, 6.07) is 10.5. The summed E-state index contributed by atoms with van der Waals surface area (Å²) in [5, 5.41) is 5.50. The summed E-state index contributed by atoms with van der Waals surface area (Å²) in [6.45, 7) is 3.46. The average molecular weight is 373 g/mol. The first kappa shape index (κ1) is 17.2. The normalized spacial score (nSPS) is 18.6. The van der Waals surface area contributed by atoms with E-state index in [9.17, 15) is 4.79 Å². The first-order chi connectivity index (χ1) is 13.8. The van der Waals surface area contributed by atoms with E-state index in [1.165, 1.54) is 27.5 Å². The number of H-pyrrole nitrogens is 1. The van der Waals surface area contributed by atoms with E-state index in [0.29, 0.717) is 19.8 Å². The number of carbonyl (C=O) groups is 1. The Labute approximate surface area is 163 Å². The lowest BCUT2D eigenvalue weighted by molar-refractivity contribution is -0.122. The molecule has 1 aliphatic heterocycles. The van der Waals surface area contributed by atoms with E-state index in [4.69, 9.17) is 4.74 Å².